The number of halogens is 2. The molecule has 1 spiro atoms. The first kappa shape index (κ1) is 42.4. The van der Waals surface area contributed by atoms with Crippen LogP contribution in [0.5, 0.6) is 0 Å². The number of carboxylic acids is 1. The molecule has 1 amide bonds. The normalized spacial score (nSPS) is 40.0. The number of nitrogens with one attached hydrogen (secondary N) is 2. The molecule has 12 nitrogen and oxygen atoms in total. The molecule has 1 saturated carbocycles. The van der Waals surface area contributed by atoms with Crippen LogP contribution in [0.25, 0.3) is 0 Å². The van der Waals surface area contributed by atoms with Gasteiger partial charge in [-0.1, -0.05) is 86.5 Å². The number of carbonyl (C=O) groups excluding carboxylic acids is 3. The van der Waals surface area contributed by atoms with E-state index < -0.39 is 76.6 Å². The van der Waals surface area contributed by atoms with Crippen molar-refractivity contribution in [2.45, 2.75) is 122 Å². The summed E-state index contributed by atoms with van der Waals surface area (Å²) in [4.78, 5) is 57.4. The average molecular weight is 842 g/mol. The van der Waals surface area contributed by atoms with Crippen LogP contribution < -0.4 is 5.32 Å². The lowest BCUT2D eigenvalue weighted by Crippen LogP contribution is -2.58. The van der Waals surface area contributed by atoms with Crippen LogP contribution in [-0.4, -0.2) is 80.2 Å². The summed E-state index contributed by atoms with van der Waals surface area (Å²) in [5, 5.41) is 37.4. The van der Waals surface area contributed by atoms with Gasteiger partial charge in [0.1, 0.15) is 22.2 Å². The van der Waals surface area contributed by atoms with Gasteiger partial charge in [-0.3, -0.25) is 9.59 Å². The highest BCUT2D eigenvalue weighted by Gasteiger charge is 2.67. The topological polar surface area (TPSA) is 184 Å². The van der Waals surface area contributed by atoms with Crippen LogP contribution in [0.3, 0.4) is 0 Å². The molecule has 4 aliphatic carbocycles. The fourth-order valence-electron chi connectivity index (χ4n) is 11.0. The van der Waals surface area contributed by atoms with Gasteiger partial charge in [-0.2, -0.15) is 0 Å². The molecule has 14 heteroatoms. The molecular formula is C44H54Cl2N2O10. The van der Waals surface area contributed by atoms with Gasteiger partial charge in [0.05, 0.1) is 34.8 Å². The summed E-state index contributed by atoms with van der Waals surface area (Å²) in [5.41, 5.74) is -4.19. The standard InChI is InChI=1S/C44H54Cl2N2O10/c1-6-24-20-44-38(51)33(41(55)58-44)37(50)43(7-2)25(12-10-8-9-11-17-42(44,5)21-27(24)40(53)54)14-15-26-28(43)16-13-22(3)36(26)57-32-19-30(49)34(23(4)56-32)48-39(52)35-29(45)18-31(46)47-35/h8,10-11,14-15,17-18,21-26,28,30,32,34,36,47,49-50H,6-7,9,12-13,16,19-20H2,1-5H3,(H,48,52)(H,53,54)/t22-,23+,24-,25+,26-,28+,30+,32-,34+,36-,42-,43+,44+/m0/s1. The van der Waals surface area contributed by atoms with E-state index in [1.165, 1.54) is 6.07 Å². The van der Waals surface area contributed by atoms with Gasteiger partial charge in [0.15, 0.2) is 11.9 Å². The average Bonchev–Trinajstić information content (AvgIpc) is 3.65. The number of rotatable bonds is 7. The molecule has 5 N–H and O–H groups in total. The Morgan fingerprint density at radius 3 is 2.52 bits per heavy atom. The highest BCUT2D eigenvalue weighted by atomic mass is 35.5. The number of ketones is 1. The maximum Gasteiger partial charge on any atom is 0.346 e. The number of allylic oxidation sites excluding steroid dienone is 5. The maximum absolute atomic E-state index is 15.0. The second kappa shape index (κ2) is 16.1. The lowest BCUT2D eigenvalue weighted by atomic mass is 9.51. The summed E-state index contributed by atoms with van der Waals surface area (Å²) in [5.74, 6) is -4.71. The number of fused-ring (bicyclic) bond motifs is 4. The van der Waals surface area contributed by atoms with Crippen molar-refractivity contribution in [1.82, 2.24) is 10.3 Å². The third-order valence-corrected chi connectivity index (χ3v) is 14.7. The Kier molecular flexibility index (Phi) is 11.8. The SMILES string of the molecule is CC[C@H]1C[C@]23OC(=O)C(=C(O)[C@@]4(CC)[C@@H]5CC[C@H](C)[C@H](O[C@H]6C[C@@H](O)[C@H](NC(=O)c7[nH]c(Cl)cc7Cl)[C@@H](C)O6)[C@H]5C=C[C@H]4CC=CCC=C[C@@]2(C)C=C1C(=O)O)C3=O. The molecule has 2 aliphatic heterocycles. The van der Waals surface area contributed by atoms with E-state index in [1.54, 1.807) is 26.0 Å². The van der Waals surface area contributed by atoms with E-state index in [-0.39, 0.29) is 69.3 Å². The smallest absolute Gasteiger partial charge is 0.346 e. The molecular weight excluding hydrogens is 787 g/mol. The van der Waals surface area contributed by atoms with Crippen LogP contribution in [0.1, 0.15) is 96.5 Å². The number of H-pyrrole nitrogens is 1. The number of aliphatic carboxylic acids is 1. The molecule has 7 rings (SSSR count). The number of aromatic nitrogens is 1. The Morgan fingerprint density at radius 1 is 1.10 bits per heavy atom. The molecule has 2 bridgehead atoms. The van der Waals surface area contributed by atoms with Crippen molar-refractivity contribution in [1.29, 1.82) is 0 Å². The number of carboxylic acid groups (broad SMARTS) is 1. The van der Waals surface area contributed by atoms with E-state index in [0.29, 0.717) is 32.1 Å². The zero-order chi connectivity index (χ0) is 41.9. The first-order valence-corrected chi connectivity index (χ1v) is 21.3. The van der Waals surface area contributed by atoms with Crippen LogP contribution in [0.4, 0.5) is 0 Å². The first-order chi connectivity index (χ1) is 27.5. The van der Waals surface area contributed by atoms with E-state index in [1.807, 2.05) is 26.0 Å². The Labute approximate surface area is 348 Å². The predicted molar refractivity (Wildman–Crippen MR) is 216 cm³/mol. The summed E-state index contributed by atoms with van der Waals surface area (Å²) in [7, 11) is 0. The minimum absolute atomic E-state index is 0.0220. The number of hydrogen-bond donors (Lipinski definition) is 5. The van der Waals surface area contributed by atoms with Crippen LogP contribution in [0.2, 0.25) is 10.2 Å². The van der Waals surface area contributed by atoms with Crippen molar-refractivity contribution in [2.75, 3.05) is 0 Å². The Balaban J connectivity index is 1.22. The second-order valence-electron chi connectivity index (χ2n) is 17.2. The van der Waals surface area contributed by atoms with Gasteiger partial charge in [0.2, 0.25) is 5.78 Å². The van der Waals surface area contributed by atoms with Crippen molar-refractivity contribution in [2.24, 2.45) is 40.4 Å². The van der Waals surface area contributed by atoms with Gasteiger partial charge in [-0.15, -0.1) is 0 Å². The molecule has 0 radical (unpaired) electrons. The van der Waals surface area contributed by atoms with Crippen molar-refractivity contribution >= 4 is 46.8 Å². The van der Waals surface area contributed by atoms with Crippen LogP contribution in [-0.2, 0) is 28.6 Å². The summed E-state index contributed by atoms with van der Waals surface area (Å²) in [6.07, 6.45) is 14.0. The Bertz CT molecular complexity index is 1990. The summed E-state index contributed by atoms with van der Waals surface area (Å²) < 4.78 is 19.3. The number of aromatic amines is 1. The highest BCUT2D eigenvalue weighted by molar-refractivity contribution is 6.36. The summed E-state index contributed by atoms with van der Waals surface area (Å²) >= 11 is 12.2. The van der Waals surface area contributed by atoms with Crippen molar-refractivity contribution in [3.63, 3.8) is 0 Å². The highest BCUT2D eigenvalue weighted by Crippen LogP contribution is 2.61. The quantitative estimate of drug-likeness (QED) is 0.104. The molecule has 13 atom stereocenters. The minimum atomic E-state index is -1.74. The van der Waals surface area contributed by atoms with Gasteiger partial charge in [0, 0.05) is 29.7 Å². The summed E-state index contributed by atoms with van der Waals surface area (Å²) in [6.45, 7) is 9.40. The Hall–Kier alpha value is -3.68. The van der Waals surface area contributed by atoms with Crippen LogP contribution in [0, 0.1) is 40.4 Å². The molecule has 0 unspecified atom stereocenters. The number of aliphatic hydroxyl groups is 2. The van der Waals surface area contributed by atoms with Crippen LogP contribution in [0.15, 0.2) is 65.5 Å². The van der Waals surface area contributed by atoms with Crippen LogP contribution >= 0.6 is 23.2 Å². The molecule has 314 valence electrons. The second-order valence-corrected chi connectivity index (χ2v) is 18.1. The third kappa shape index (κ3) is 6.90. The molecule has 1 aromatic heterocycles. The van der Waals surface area contributed by atoms with E-state index >= 15 is 4.79 Å². The molecule has 3 fully saturated rings. The van der Waals surface area contributed by atoms with E-state index in [2.05, 4.69) is 35.5 Å². The fourth-order valence-corrected chi connectivity index (χ4v) is 11.5. The van der Waals surface area contributed by atoms with E-state index in [0.717, 1.165) is 6.42 Å². The number of Topliss-reactive ketones (excluding diaryl/α,β-unsaturated/α-hetero) is 1. The number of amides is 1. The molecule has 1 aromatic rings. The molecule has 6 aliphatic rings. The maximum atomic E-state index is 15.0. The largest absolute Gasteiger partial charge is 0.511 e. The molecule has 0 aromatic carbocycles. The number of ether oxygens (including phenoxy) is 3. The number of hydrogen-bond acceptors (Lipinski definition) is 9. The van der Waals surface area contributed by atoms with Gasteiger partial charge < -0.3 is 39.8 Å². The number of aliphatic hydroxyl groups excluding tert-OH is 2. The molecule has 58 heavy (non-hydrogen) atoms. The van der Waals surface area contributed by atoms with Crippen molar-refractivity contribution in [3.05, 3.63) is 81.4 Å². The van der Waals surface area contributed by atoms with Gasteiger partial charge in [0.25, 0.3) is 5.91 Å². The monoisotopic (exact) mass is 840 g/mol. The summed E-state index contributed by atoms with van der Waals surface area (Å²) in [6, 6.07) is 0.665. The Morgan fingerprint density at radius 2 is 1.86 bits per heavy atom. The van der Waals surface area contributed by atoms with Gasteiger partial charge in [-0.05, 0) is 82.1 Å². The van der Waals surface area contributed by atoms with Crippen molar-refractivity contribution in [3.8, 4) is 0 Å². The first-order valence-electron chi connectivity index (χ1n) is 20.5. The lowest BCUT2D eigenvalue weighted by molar-refractivity contribution is -0.258. The van der Waals surface area contributed by atoms with E-state index in [9.17, 15) is 29.7 Å². The zero-order valence-electron chi connectivity index (χ0n) is 33.5. The number of esters is 1. The third-order valence-electron chi connectivity index (χ3n) is 14.2. The van der Waals surface area contributed by atoms with Gasteiger partial charge in [-0.25, -0.2) is 9.59 Å². The lowest BCUT2D eigenvalue weighted by Gasteiger charge is -2.55. The van der Waals surface area contributed by atoms with Gasteiger partial charge >= 0.3 is 11.9 Å². The fraction of sp³-hybridized carbons (Fsp3) is 0.591. The predicted octanol–water partition coefficient (Wildman–Crippen LogP) is 7.58. The molecule has 3 heterocycles. The number of carbonyl (C=O) groups is 4. The zero-order valence-corrected chi connectivity index (χ0v) is 35.0. The molecule has 2 saturated heterocycles. The van der Waals surface area contributed by atoms with E-state index in [4.69, 9.17) is 37.4 Å². The minimum Gasteiger partial charge on any atom is -0.511 e. The van der Waals surface area contributed by atoms with Crippen molar-refractivity contribution < 1.29 is 48.7 Å².